The predicted molar refractivity (Wildman–Crippen MR) is 155 cm³/mol. The maximum Gasteiger partial charge on any atom is 0.335 e. The lowest BCUT2D eigenvalue weighted by Gasteiger charge is -2.53. The van der Waals surface area contributed by atoms with Crippen molar-refractivity contribution >= 4 is 28.8 Å². The van der Waals surface area contributed by atoms with Gasteiger partial charge in [0.2, 0.25) is 0 Å². The van der Waals surface area contributed by atoms with Gasteiger partial charge in [0, 0.05) is 17.5 Å². The molecule has 0 saturated heterocycles. The van der Waals surface area contributed by atoms with E-state index >= 15 is 0 Å². The normalized spacial score (nSPS) is 26.2. The van der Waals surface area contributed by atoms with Crippen molar-refractivity contribution in [3.8, 4) is 0 Å². The summed E-state index contributed by atoms with van der Waals surface area (Å²) in [6.07, 6.45) is 13.3. The van der Waals surface area contributed by atoms with Gasteiger partial charge in [-0.25, -0.2) is 9.79 Å². The first kappa shape index (κ1) is 23.6. The van der Waals surface area contributed by atoms with E-state index in [1.807, 2.05) is 6.08 Å². The highest BCUT2D eigenvalue weighted by Crippen LogP contribution is 2.57. The van der Waals surface area contributed by atoms with Gasteiger partial charge in [-0.05, 0) is 72.9 Å². The van der Waals surface area contributed by atoms with Crippen molar-refractivity contribution in [3.05, 3.63) is 132 Å². The monoisotopic (exact) mass is 511 g/mol. The van der Waals surface area contributed by atoms with Gasteiger partial charge >= 0.3 is 5.97 Å². The number of benzene rings is 3. The predicted octanol–water partition coefficient (Wildman–Crippen LogP) is 7.39. The topological polar surface area (TPSA) is 65.3 Å². The molecule has 0 bridgehead atoms. The van der Waals surface area contributed by atoms with Crippen molar-refractivity contribution in [2.24, 2.45) is 15.9 Å². The van der Waals surface area contributed by atoms with Gasteiger partial charge in [0.05, 0.1) is 28.4 Å². The number of carboxylic acid groups (broad SMARTS) is 1. The van der Waals surface area contributed by atoms with Gasteiger partial charge < -0.3 is 10.0 Å². The van der Waals surface area contributed by atoms with Crippen LogP contribution in [0.4, 0.5) is 5.69 Å². The summed E-state index contributed by atoms with van der Waals surface area (Å²) in [7, 11) is 0. The first-order valence-electron chi connectivity index (χ1n) is 13.7. The van der Waals surface area contributed by atoms with E-state index in [2.05, 4.69) is 83.8 Å². The van der Waals surface area contributed by atoms with Crippen LogP contribution in [-0.2, 0) is 0 Å². The van der Waals surface area contributed by atoms with Gasteiger partial charge in [0.25, 0.3) is 0 Å². The molecule has 1 N–H and O–H groups in total. The first-order valence-corrected chi connectivity index (χ1v) is 13.7. The third-order valence-corrected chi connectivity index (χ3v) is 8.44. The summed E-state index contributed by atoms with van der Waals surface area (Å²) in [5, 5.41) is 9.23. The van der Waals surface area contributed by atoms with Gasteiger partial charge in [-0.2, -0.15) is 0 Å². The van der Waals surface area contributed by atoms with Crippen molar-refractivity contribution in [2.45, 2.75) is 37.3 Å². The molecule has 192 valence electrons. The molecule has 7 rings (SSSR count). The number of hydrogen-bond acceptors (Lipinski definition) is 4. The fraction of sp³-hybridized carbons (Fsp3) is 0.206. The van der Waals surface area contributed by atoms with Crippen molar-refractivity contribution < 1.29 is 9.90 Å². The number of nitrogens with zero attached hydrogens (tertiary/aromatic N) is 3. The largest absolute Gasteiger partial charge is 0.478 e. The Labute approximate surface area is 228 Å². The molecule has 1 saturated carbocycles. The van der Waals surface area contributed by atoms with Gasteiger partial charge in [0.1, 0.15) is 5.66 Å². The molecule has 3 aromatic carbocycles. The van der Waals surface area contributed by atoms with Crippen LogP contribution in [0.3, 0.4) is 0 Å². The van der Waals surface area contributed by atoms with Crippen LogP contribution in [0.1, 0.15) is 53.1 Å². The fourth-order valence-corrected chi connectivity index (χ4v) is 6.74. The van der Waals surface area contributed by atoms with E-state index in [9.17, 15) is 9.90 Å². The Bertz CT molecular complexity index is 1580. The third-order valence-electron chi connectivity index (χ3n) is 8.44. The summed E-state index contributed by atoms with van der Waals surface area (Å²) in [6, 6.07) is 28.3. The summed E-state index contributed by atoms with van der Waals surface area (Å²) >= 11 is 0. The number of allylic oxidation sites excluding steroid dienone is 4. The van der Waals surface area contributed by atoms with E-state index in [0.29, 0.717) is 5.92 Å². The summed E-state index contributed by atoms with van der Waals surface area (Å²) in [5.74, 6) is -0.280. The molecule has 1 fully saturated rings. The van der Waals surface area contributed by atoms with Crippen LogP contribution in [0, 0.1) is 5.92 Å². The van der Waals surface area contributed by atoms with Crippen molar-refractivity contribution in [3.63, 3.8) is 0 Å². The van der Waals surface area contributed by atoms with Crippen molar-refractivity contribution in [1.82, 2.24) is 4.90 Å². The number of hydrogen-bond donors (Lipinski definition) is 1. The highest BCUT2D eigenvalue weighted by atomic mass is 16.4. The Kier molecular flexibility index (Phi) is 5.66. The Balaban J connectivity index is 1.37. The van der Waals surface area contributed by atoms with E-state index in [0.717, 1.165) is 42.1 Å². The zero-order valence-corrected chi connectivity index (χ0v) is 21.6. The van der Waals surface area contributed by atoms with Gasteiger partial charge in [-0.15, -0.1) is 0 Å². The van der Waals surface area contributed by atoms with Crippen LogP contribution in [0.2, 0.25) is 0 Å². The van der Waals surface area contributed by atoms with E-state index in [1.165, 1.54) is 23.2 Å². The van der Waals surface area contributed by atoms with E-state index < -0.39 is 5.97 Å². The van der Waals surface area contributed by atoms with Gasteiger partial charge in [0.15, 0.2) is 0 Å². The number of carboxylic acids is 1. The Morgan fingerprint density at radius 3 is 2.38 bits per heavy atom. The lowest BCUT2D eigenvalue weighted by Crippen LogP contribution is -2.54. The second kappa shape index (κ2) is 9.35. The highest BCUT2D eigenvalue weighted by molar-refractivity contribution is 6.23. The molecule has 2 heterocycles. The van der Waals surface area contributed by atoms with Crippen LogP contribution in [0.5, 0.6) is 0 Å². The van der Waals surface area contributed by atoms with Crippen LogP contribution < -0.4 is 0 Å². The second-order valence-corrected chi connectivity index (χ2v) is 10.7. The number of fused-ring (bicyclic) bond motifs is 2. The highest BCUT2D eigenvalue weighted by Gasteiger charge is 2.56. The molecule has 0 amide bonds. The van der Waals surface area contributed by atoms with Gasteiger partial charge in [-0.1, -0.05) is 73.2 Å². The molecule has 3 atom stereocenters. The number of aliphatic imine (C=N–C) groups is 2. The van der Waals surface area contributed by atoms with Crippen molar-refractivity contribution in [2.75, 3.05) is 0 Å². The van der Waals surface area contributed by atoms with E-state index in [-0.39, 0.29) is 17.1 Å². The molecule has 5 nitrogen and oxygen atoms in total. The number of aromatic carboxylic acids is 1. The van der Waals surface area contributed by atoms with Crippen molar-refractivity contribution in [1.29, 1.82) is 0 Å². The molecule has 3 aromatic rings. The lowest BCUT2D eigenvalue weighted by atomic mass is 9.66. The third kappa shape index (κ3) is 3.97. The standard InChI is InChI=1S/C34H29N3O2/c38-33(39)25-14-16-26(17-15-25)35-27-18-19-30-32(21-27)37-31(24-11-5-2-6-12-24)22-28(23-9-3-1-4-10-23)29-13-7-8-20-34(29,37)36-30/h1-6,9-12,14-19,21-22,28-29H,7-8,13,20H2,(H,38,39)/t28-,29-,34+/m1/s1. The summed E-state index contributed by atoms with van der Waals surface area (Å²) < 4.78 is 0. The molecule has 5 heteroatoms. The average Bonchev–Trinajstić information content (AvgIpc) is 3.30. The van der Waals surface area contributed by atoms with E-state index in [4.69, 9.17) is 9.98 Å². The minimum Gasteiger partial charge on any atom is -0.478 e. The zero-order chi connectivity index (χ0) is 26.4. The van der Waals surface area contributed by atoms with Crippen LogP contribution >= 0.6 is 0 Å². The summed E-state index contributed by atoms with van der Waals surface area (Å²) in [5.41, 5.74) is 7.32. The van der Waals surface area contributed by atoms with Gasteiger partial charge in [-0.3, -0.25) is 4.99 Å². The Morgan fingerprint density at radius 1 is 0.897 bits per heavy atom. The molecule has 1 spiro atoms. The molecule has 2 aliphatic carbocycles. The fourth-order valence-electron chi connectivity index (χ4n) is 6.74. The van der Waals surface area contributed by atoms with Crippen LogP contribution in [-0.4, -0.2) is 33.1 Å². The minimum atomic E-state index is -0.938. The number of carbonyl (C=O) groups is 1. The smallest absolute Gasteiger partial charge is 0.335 e. The minimum absolute atomic E-state index is 0.255. The molecule has 0 aromatic heterocycles. The molecule has 39 heavy (non-hydrogen) atoms. The lowest BCUT2D eigenvalue weighted by molar-refractivity contribution is 0.0686. The maximum absolute atomic E-state index is 11.3. The molecular weight excluding hydrogens is 482 g/mol. The second-order valence-electron chi connectivity index (χ2n) is 10.7. The summed E-state index contributed by atoms with van der Waals surface area (Å²) in [6.45, 7) is 0. The van der Waals surface area contributed by atoms with E-state index in [1.54, 1.807) is 24.3 Å². The molecular formula is C34H29N3O2. The average molecular weight is 512 g/mol. The summed E-state index contributed by atoms with van der Waals surface area (Å²) in [4.78, 5) is 24.1. The SMILES string of the molecule is O=C(O)c1ccc(N=C2C=CC3=N[C@]45CCCC[C@@H]4[C@@H](c4ccccc4)C=C(c4ccccc4)N5C3=C2)cc1. The Hall–Kier alpha value is -4.51. The number of rotatable bonds is 4. The zero-order valence-electron chi connectivity index (χ0n) is 21.6. The first-order chi connectivity index (χ1) is 19.1. The molecule has 0 radical (unpaired) electrons. The van der Waals surface area contributed by atoms with Crippen LogP contribution in [0.15, 0.2) is 125 Å². The molecule has 0 unspecified atom stereocenters. The Morgan fingerprint density at radius 2 is 1.64 bits per heavy atom. The molecule has 4 aliphatic rings. The maximum atomic E-state index is 11.3. The molecule has 2 aliphatic heterocycles. The van der Waals surface area contributed by atoms with Crippen LogP contribution in [0.25, 0.3) is 5.70 Å². The quantitative estimate of drug-likeness (QED) is 0.371.